The van der Waals surface area contributed by atoms with E-state index in [2.05, 4.69) is 10.3 Å². The molecular weight excluding hydrogens is 283 g/mol. The highest BCUT2D eigenvalue weighted by Crippen LogP contribution is 2.19. The summed E-state index contributed by atoms with van der Waals surface area (Å²) in [5.74, 6) is 0.497. The van der Waals surface area contributed by atoms with Gasteiger partial charge in [-0.15, -0.1) is 0 Å². The number of pyridine rings is 1. The second-order valence-electron chi connectivity index (χ2n) is 3.67. The van der Waals surface area contributed by atoms with Crippen LogP contribution in [-0.4, -0.2) is 32.7 Å². The van der Waals surface area contributed by atoms with Crippen LogP contribution in [0.1, 0.15) is 13.3 Å². The maximum Gasteiger partial charge on any atom is 0.390 e. The number of hydrogen-bond donors (Lipinski definition) is 2. The molecule has 0 bridgehead atoms. The summed E-state index contributed by atoms with van der Waals surface area (Å²) in [6.45, 7) is 1.79. The predicted octanol–water partition coefficient (Wildman–Crippen LogP) is 1.74. The van der Waals surface area contributed by atoms with Crippen LogP contribution in [0.5, 0.6) is 0 Å². The van der Waals surface area contributed by atoms with Crippen molar-refractivity contribution in [3.05, 3.63) is 18.3 Å². The zero-order valence-corrected chi connectivity index (χ0v) is 11.0. The predicted molar refractivity (Wildman–Crippen MR) is 64.3 cm³/mol. The van der Waals surface area contributed by atoms with Crippen molar-refractivity contribution < 1.29 is 21.6 Å². The molecule has 0 aliphatic heterocycles. The summed E-state index contributed by atoms with van der Waals surface area (Å²) < 4.78 is 60.9. The van der Waals surface area contributed by atoms with Crippen LogP contribution >= 0.6 is 0 Å². The van der Waals surface area contributed by atoms with Crippen LogP contribution in [0, 0.1) is 0 Å². The van der Waals surface area contributed by atoms with Gasteiger partial charge in [-0.05, 0) is 19.1 Å². The Bertz CT molecular complexity index is 500. The second-order valence-corrected chi connectivity index (χ2v) is 5.44. The molecule has 19 heavy (non-hydrogen) atoms. The molecule has 0 saturated carbocycles. The van der Waals surface area contributed by atoms with E-state index in [0.717, 1.165) is 6.20 Å². The van der Waals surface area contributed by atoms with E-state index < -0.39 is 29.2 Å². The highest BCUT2D eigenvalue weighted by atomic mass is 32.2. The maximum absolute atomic E-state index is 11.9. The molecule has 0 radical (unpaired) electrons. The van der Waals surface area contributed by atoms with Crippen molar-refractivity contribution in [2.24, 2.45) is 0 Å². The minimum atomic E-state index is -4.39. The lowest BCUT2D eigenvalue weighted by atomic mass is 10.4. The minimum Gasteiger partial charge on any atom is -0.370 e. The number of alkyl halides is 3. The zero-order valence-electron chi connectivity index (χ0n) is 10.2. The topological polar surface area (TPSA) is 71.1 Å². The van der Waals surface area contributed by atoms with Crippen LogP contribution in [-0.2, 0) is 10.0 Å². The largest absolute Gasteiger partial charge is 0.390 e. The number of rotatable bonds is 6. The van der Waals surface area contributed by atoms with Crippen molar-refractivity contribution in [1.29, 1.82) is 0 Å². The Labute approximate surface area is 109 Å². The molecule has 5 nitrogen and oxygen atoms in total. The van der Waals surface area contributed by atoms with Crippen LogP contribution in [0.3, 0.4) is 0 Å². The van der Waals surface area contributed by atoms with E-state index in [4.69, 9.17) is 0 Å². The first-order valence-electron chi connectivity index (χ1n) is 5.51. The number of nitrogens with zero attached hydrogens (tertiary/aromatic N) is 1. The van der Waals surface area contributed by atoms with Gasteiger partial charge in [0.2, 0.25) is 10.0 Å². The molecule has 9 heteroatoms. The molecule has 2 N–H and O–H groups in total. The van der Waals surface area contributed by atoms with Gasteiger partial charge in [0, 0.05) is 19.3 Å². The van der Waals surface area contributed by atoms with Crippen LogP contribution < -0.4 is 10.0 Å². The van der Waals surface area contributed by atoms with Crippen LogP contribution in [0.2, 0.25) is 0 Å². The molecule has 0 unspecified atom stereocenters. The molecular formula is C10H14F3N3O2S. The van der Waals surface area contributed by atoms with E-state index in [-0.39, 0.29) is 4.90 Å². The Hall–Kier alpha value is -1.35. The number of anilines is 1. The van der Waals surface area contributed by atoms with E-state index >= 15 is 0 Å². The second kappa shape index (κ2) is 6.20. The van der Waals surface area contributed by atoms with Crippen molar-refractivity contribution in [1.82, 2.24) is 9.71 Å². The molecule has 1 aromatic heterocycles. The Morgan fingerprint density at radius 2 is 2.00 bits per heavy atom. The third-order valence-corrected chi connectivity index (χ3v) is 3.55. The number of halogens is 3. The zero-order chi connectivity index (χ0) is 14.5. The molecule has 0 amide bonds. The Morgan fingerprint density at radius 3 is 2.47 bits per heavy atom. The molecule has 0 fully saturated rings. The summed E-state index contributed by atoms with van der Waals surface area (Å²) >= 11 is 0. The highest BCUT2D eigenvalue weighted by Gasteiger charge is 2.27. The van der Waals surface area contributed by atoms with E-state index in [1.165, 1.54) is 12.1 Å². The normalized spacial score (nSPS) is 12.4. The Balaban J connectivity index is 2.67. The molecule has 1 aromatic rings. The van der Waals surface area contributed by atoms with E-state index in [1.807, 2.05) is 11.6 Å². The average Bonchev–Trinajstić information content (AvgIpc) is 2.28. The third kappa shape index (κ3) is 5.43. The summed E-state index contributed by atoms with van der Waals surface area (Å²) in [6, 6.07) is 2.72. The summed E-state index contributed by atoms with van der Waals surface area (Å²) in [5, 5.41) is 2.87. The molecule has 0 aliphatic carbocycles. The molecule has 0 saturated heterocycles. The summed E-state index contributed by atoms with van der Waals surface area (Å²) in [6.07, 6.45) is -4.52. The molecule has 0 aromatic carbocycles. The highest BCUT2D eigenvalue weighted by molar-refractivity contribution is 7.89. The lowest BCUT2D eigenvalue weighted by Crippen LogP contribution is -2.28. The number of nitrogens with one attached hydrogen (secondary N) is 2. The van der Waals surface area contributed by atoms with Crippen molar-refractivity contribution in [2.75, 3.05) is 18.4 Å². The van der Waals surface area contributed by atoms with Gasteiger partial charge in [-0.1, -0.05) is 0 Å². The van der Waals surface area contributed by atoms with Crippen LogP contribution in [0.25, 0.3) is 0 Å². The quantitative estimate of drug-likeness (QED) is 0.839. The molecule has 1 rings (SSSR count). The van der Waals surface area contributed by atoms with Crippen molar-refractivity contribution >= 4 is 15.8 Å². The SMILES string of the molecule is CCNc1ccc(S(=O)(=O)NCCC(F)(F)F)cn1. The molecule has 0 spiro atoms. The lowest BCUT2D eigenvalue weighted by Gasteiger charge is -2.09. The standard InChI is InChI=1S/C10H14F3N3O2S/c1-2-14-9-4-3-8(7-15-9)19(17,18)16-6-5-10(11,12)13/h3-4,7,16H,2,5-6H2,1H3,(H,14,15). The van der Waals surface area contributed by atoms with Gasteiger partial charge in [-0.2, -0.15) is 13.2 Å². The van der Waals surface area contributed by atoms with Gasteiger partial charge in [0.15, 0.2) is 0 Å². The van der Waals surface area contributed by atoms with Crippen molar-refractivity contribution in [3.63, 3.8) is 0 Å². The number of aromatic nitrogens is 1. The molecule has 0 aliphatic rings. The summed E-state index contributed by atoms with van der Waals surface area (Å²) in [4.78, 5) is 3.67. The number of hydrogen-bond acceptors (Lipinski definition) is 4. The summed E-state index contributed by atoms with van der Waals surface area (Å²) in [7, 11) is -3.95. The van der Waals surface area contributed by atoms with Gasteiger partial charge in [0.25, 0.3) is 0 Å². The van der Waals surface area contributed by atoms with Crippen LogP contribution in [0.4, 0.5) is 19.0 Å². The Morgan fingerprint density at radius 1 is 1.32 bits per heavy atom. The first-order valence-corrected chi connectivity index (χ1v) is 6.99. The Kier molecular flexibility index (Phi) is 5.12. The van der Waals surface area contributed by atoms with Gasteiger partial charge in [0.05, 0.1) is 6.42 Å². The smallest absolute Gasteiger partial charge is 0.370 e. The fraction of sp³-hybridized carbons (Fsp3) is 0.500. The van der Waals surface area contributed by atoms with Gasteiger partial charge in [-0.3, -0.25) is 0 Å². The first kappa shape index (κ1) is 15.7. The van der Waals surface area contributed by atoms with Gasteiger partial charge < -0.3 is 5.32 Å². The third-order valence-electron chi connectivity index (χ3n) is 2.11. The van der Waals surface area contributed by atoms with Crippen molar-refractivity contribution in [3.8, 4) is 0 Å². The van der Waals surface area contributed by atoms with E-state index in [9.17, 15) is 21.6 Å². The monoisotopic (exact) mass is 297 g/mol. The van der Waals surface area contributed by atoms with Crippen molar-refractivity contribution in [2.45, 2.75) is 24.4 Å². The fourth-order valence-corrected chi connectivity index (χ4v) is 2.21. The number of sulfonamides is 1. The van der Waals surface area contributed by atoms with Gasteiger partial charge in [-0.25, -0.2) is 18.1 Å². The minimum absolute atomic E-state index is 0.170. The first-order chi connectivity index (χ1) is 8.74. The maximum atomic E-state index is 11.9. The average molecular weight is 297 g/mol. The fourth-order valence-electron chi connectivity index (χ4n) is 1.24. The molecule has 108 valence electrons. The lowest BCUT2D eigenvalue weighted by molar-refractivity contribution is -0.132. The summed E-state index contributed by atoms with van der Waals surface area (Å²) in [5.41, 5.74) is 0. The van der Waals surface area contributed by atoms with Crippen LogP contribution in [0.15, 0.2) is 23.2 Å². The van der Waals surface area contributed by atoms with E-state index in [0.29, 0.717) is 12.4 Å². The molecule has 0 atom stereocenters. The van der Waals surface area contributed by atoms with E-state index in [1.54, 1.807) is 0 Å². The molecule has 1 heterocycles. The van der Waals surface area contributed by atoms with Gasteiger partial charge >= 0.3 is 6.18 Å². The van der Waals surface area contributed by atoms with Gasteiger partial charge in [0.1, 0.15) is 10.7 Å².